The lowest BCUT2D eigenvalue weighted by atomic mass is 10.1. The highest BCUT2D eigenvalue weighted by Gasteiger charge is 2.19. The summed E-state index contributed by atoms with van der Waals surface area (Å²) >= 11 is 3.15. The average Bonchev–Trinajstić information content (AvgIpc) is 3.84. The van der Waals surface area contributed by atoms with Gasteiger partial charge in [-0.15, -0.1) is 22.7 Å². The normalized spacial score (nSPS) is 13.6. The van der Waals surface area contributed by atoms with Gasteiger partial charge < -0.3 is 18.9 Å². The maximum atomic E-state index is 5.84. The first-order chi connectivity index (χ1) is 26.6. The van der Waals surface area contributed by atoms with Crippen molar-refractivity contribution in [3.05, 3.63) is 104 Å². The lowest BCUT2D eigenvalue weighted by molar-refractivity contribution is -0.282. The van der Waals surface area contributed by atoms with Gasteiger partial charge in [0, 0.05) is 23.2 Å². The Morgan fingerprint density at radius 1 is 0.556 bits per heavy atom. The molecule has 0 N–H and O–H groups in total. The predicted octanol–water partition coefficient (Wildman–Crippen LogP) is 8.43. The van der Waals surface area contributed by atoms with Gasteiger partial charge in [0.05, 0.1) is 58.1 Å². The molecule has 54 heavy (non-hydrogen) atoms. The first kappa shape index (κ1) is 35.5. The van der Waals surface area contributed by atoms with Crippen molar-refractivity contribution in [2.45, 2.75) is 13.2 Å². The second-order valence-corrected chi connectivity index (χ2v) is 13.8. The largest absolute Gasteiger partial charge is 0.485 e. The van der Waals surface area contributed by atoms with Crippen LogP contribution in [0.25, 0.3) is 58.5 Å². The fourth-order valence-electron chi connectivity index (χ4n) is 5.84. The average molecular weight is 763 g/mol. The van der Waals surface area contributed by atoms with Crippen LogP contribution < -0.4 is 18.9 Å². The van der Waals surface area contributed by atoms with E-state index in [1.54, 1.807) is 35.1 Å². The van der Waals surface area contributed by atoms with E-state index in [2.05, 4.69) is 9.97 Å². The first-order valence-electron chi connectivity index (χ1n) is 17.0. The molecule has 14 heteroatoms. The molecule has 274 valence electrons. The third kappa shape index (κ3) is 8.19. The van der Waals surface area contributed by atoms with E-state index in [1.165, 1.54) is 14.2 Å². The summed E-state index contributed by atoms with van der Waals surface area (Å²) in [5.74, 6) is 3.11. The maximum Gasteiger partial charge on any atom is 0.179 e. The standard InChI is InChI=1S/C40H34N4O8S2/c1-45-51-21-27-17-31(29-15-25(7-9-41-29)3-5-37-39-35(23-53-37)47-11-13-49-39)43-33(19-27)34-20-28(22-52-46-2)18-32(44-34)30-16-26(8-10-42-30)4-6-38-40-36(24-54-38)48-12-14-50-40/h3-10,15-20,23-24H,11-14,21-22H2,1-2H3/b5-3+,6-4+. The smallest absolute Gasteiger partial charge is 0.179 e. The minimum absolute atomic E-state index is 0.185. The Bertz CT molecular complexity index is 2160. The molecule has 0 amide bonds. The summed E-state index contributed by atoms with van der Waals surface area (Å²) in [7, 11) is 2.95. The summed E-state index contributed by atoms with van der Waals surface area (Å²) in [6.07, 6.45) is 11.6. The molecular formula is C40H34N4O8S2. The minimum atomic E-state index is 0.185. The second-order valence-electron chi connectivity index (χ2n) is 11.9. The molecule has 2 aliphatic heterocycles. The predicted molar refractivity (Wildman–Crippen MR) is 206 cm³/mol. The molecule has 8 heterocycles. The number of hydrogen-bond donors (Lipinski definition) is 0. The summed E-state index contributed by atoms with van der Waals surface area (Å²) in [6.45, 7) is 2.54. The van der Waals surface area contributed by atoms with Crippen molar-refractivity contribution < 1.29 is 38.5 Å². The molecule has 6 aromatic heterocycles. The van der Waals surface area contributed by atoms with Crippen LogP contribution in [0.4, 0.5) is 0 Å². The molecule has 0 unspecified atom stereocenters. The molecule has 0 fully saturated rings. The fraction of sp³-hybridized carbons (Fsp3) is 0.200. The summed E-state index contributed by atoms with van der Waals surface area (Å²) in [5, 5.41) is 3.93. The van der Waals surface area contributed by atoms with Crippen molar-refractivity contribution >= 4 is 47.0 Å². The molecule has 2 aliphatic rings. The van der Waals surface area contributed by atoms with Crippen molar-refractivity contribution in [1.82, 2.24) is 19.9 Å². The van der Waals surface area contributed by atoms with Gasteiger partial charge in [0.15, 0.2) is 23.0 Å². The number of hydrogen-bond acceptors (Lipinski definition) is 14. The summed E-state index contributed by atoms with van der Waals surface area (Å²) in [4.78, 5) is 42.0. The molecule has 0 saturated carbocycles. The van der Waals surface area contributed by atoms with Crippen LogP contribution in [0.15, 0.2) is 71.7 Å². The van der Waals surface area contributed by atoms with Crippen molar-refractivity contribution in [2.75, 3.05) is 40.6 Å². The van der Waals surface area contributed by atoms with E-state index in [0.29, 0.717) is 60.6 Å². The minimum Gasteiger partial charge on any atom is -0.485 e. The Balaban J connectivity index is 1.13. The molecule has 0 spiro atoms. The summed E-state index contributed by atoms with van der Waals surface area (Å²) in [6, 6.07) is 15.5. The Hall–Kier alpha value is -5.48. The topological polar surface area (TPSA) is 125 Å². The molecule has 12 nitrogen and oxygen atoms in total. The highest BCUT2D eigenvalue weighted by molar-refractivity contribution is 7.12. The zero-order valence-electron chi connectivity index (χ0n) is 29.4. The van der Waals surface area contributed by atoms with Gasteiger partial charge in [0.25, 0.3) is 0 Å². The van der Waals surface area contributed by atoms with Gasteiger partial charge in [-0.1, -0.05) is 12.2 Å². The van der Waals surface area contributed by atoms with Gasteiger partial charge in [0.1, 0.15) is 39.6 Å². The zero-order valence-corrected chi connectivity index (χ0v) is 31.0. The van der Waals surface area contributed by atoms with Gasteiger partial charge in [-0.05, 0) is 82.9 Å². The highest BCUT2D eigenvalue weighted by Crippen LogP contribution is 2.41. The van der Waals surface area contributed by atoms with E-state index in [0.717, 1.165) is 55.0 Å². The monoisotopic (exact) mass is 762 g/mol. The number of aromatic nitrogens is 4. The van der Waals surface area contributed by atoms with Crippen LogP contribution in [0.3, 0.4) is 0 Å². The Labute approximate surface area is 319 Å². The molecule has 0 atom stereocenters. The Morgan fingerprint density at radius 3 is 1.43 bits per heavy atom. The molecule has 0 aromatic carbocycles. The fourth-order valence-corrected chi connectivity index (χ4v) is 7.48. The molecule has 0 radical (unpaired) electrons. The van der Waals surface area contributed by atoms with Gasteiger partial charge in [0.2, 0.25) is 0 Å². The van der Waals surface area contributed by atoms with E-state index >= 15 is 0 Å². The molecule has 6 aromatic rings. The van der Waals surface area contributed by atoms with Crippen LogP contribution in [0.1, 0.15) is 32.0 Å². The second kappa shape index (κ2) is 16.7. The van der Waals surface area contributed by atoms with Crippen LogP contribution in [0.2, 0.25) is 0 Å². The summed E-state index contributed by atoms with van der Waals surface area (Å²) < 4.78 is 23.1. The maximum absolute atomic E-state index is 5.84. The molecular weight excluding hydrogens is 729 g/mol. The lowest BCUT2D eigenvalue weighted by Gasteiger charge is -2.15. The van der Waals surface area contributed by atoms with E-state index in [1.807, 2.05) is 83.6 Å². The number of rotatable bonds is 13. The number of thiophene rings is 2. The third-order valence-electron chi connectivity index (χ3n) is 8.32. The van der Waals surface area contributed by atoms with Crippen molar-refractivity contribution in [3.63, 3.8) is 0 Å². The van der Waals surface area contributed by atoms with Crippen LogP contribution in [-0.2, 0) is 32.8 Å². The van der Waals surface area contributed by atoms with Gasteiger partial charge >= 0.3 is 0 Å². The number of nitrogens with zero attached hydrogens (tertiary/aromatic N) is 4. The lowest BCUT2D eigenvalue weighted by Crippen LogP contribution is -2.14. The summed E-state index contributed by atoms with van der Waals surface area (Å²) in [5.41, 5.74) is 7.37. The van der Waals surface area contributed by atoms with Gasteiger partial charge in [-0.2, -0.15) is 0 Å². The zero-order chi connectivity index (χ0) is 36.7. The van der Waals surface area contributed by atoms with E-state index in [4.69, 9.17) is 48.5 Å². The van der Waals surface area contributed by atoms with E-state index in [9.17, 15) is 0 Å². The van der Waals surface area contributed by atoms with Crippen molar-refractivity contribution in [1.29, 1.82) is 0 Å². The van der Waals surface area contributed by atoms with Gasteiger partial charge in [-0.3, -0.25) is 9.97 Å². The van der Waals surface area contributed by atoms with Crippen LogP contribution in [-0.4, -0.2) is 60.6 Å². The highest BCUT2D eigenvalue weighted by atomic mass is 32.1. The van der Waals surface area contributed by atoms with Crippen LogP contribution in [0, 0.1) is 0 Å². The molecule has 8 rings (SSSR count). The number of fused-ring (bicyclic) bond motifs is 2. The Kier molecular flexibility index (Phi) is 11.0. The van der Waals surface area contributed by atoms with Crippen LogP contribution >= 0.6 is 22.7 Å². The first-order valence-corrected chi connectivity index (χ1v) is 18.8. The van der Waals surface area contributed by atoms with E-state index < -0.39 is 0 Å². The number of pyridine rings is 4. The van der Waals surface area contributed by atoms with Crippen molar-refractivity contribution in [3.8, 4) is 57.2 Å². The van der Waals surface area contributed by atoms with E-state index in [-0.39, 0.29) is 13.2 Å². The van der Waals surface area contributed by atoms with Crippen LogP contribution in [0.5, 0.6) is 23.0 Å². The van der Waals surface area contributed by atoms with Crippen molar-refractivity contribution in [2.24, 2.45) is 0 Å². The number of ether oxygens (including phenoxy) is 4. The molecule has 0 bridgehead atoms. The van der Waals surface area contributed by atoms with Gasteiger partial charge in [-0.25, -0.2) is 29.5 Å². The molecule has 0 saturated heterocycles. The third-order valence-corrected chi connectivity index (χ3v) is 10.1. The quantitative estimate of drug-likeness (QED) is 0.0828. The SMILES string of the molecule is COOCc1cc(-c2cc(/C=C/c3scc4c3OCCO4)ccn2)nc(-c2cc(COOC)cc(-c3cc(/C=C/c4scc5c4OCCO5)ccn3)n2)c1. The Morgan fingerprint density at radius 2 is 0.981 bits per heavy atom. The molecule has 0 aliphatic carbocycles.